The molecule has 2 aliphatic rings. The van der Waals surface area contributed by atoms with E-state index in [0.29, 0.717) is 5.92 Å². The number of fused-ring (bicyclic) bond motifs is 1. The van der Waals surface area contributed by atoms with Gasteiger partial charge in [0.05, 0.1) is 11.6 Å². The van der Waals surface area contributed by atoms with Gasteiger partial charge < -0.3 is 10.0 Å². The average molecular weight is 338 g/mol. The van der Waals surface area contributed by atoms with Crippen LogP contribution in [-0.4, -0.2) is 40.7 Å². The summed E-state index contributed by atoms with van der Waals surface area (Å²) in [5, 5.41) is 11.7. The number of nitrogens with zero attached hydrogens (tertiary/aromatic N) is 2. The monoisotopic (exact) mass is 338 g/mol. The summed E-state index contributed by atoms with van der Waals surface area (Å²) in [6, 6.07) is 12.5. The van der Waals surface area contributed by atoms with Crippen molar-refractivity contribution in [3.05, 3.63) is 42.1 Å². The van der Waals surface area contributed by atoms with Crippen molar-refractivity contribution in [3.63, 3.8) is 0 Å². The van der Waals surface area contributed by atoms with Crippen LogP contribution in [-0.2, 0) is 6.42 Å². The first-order valence-electron chi connectivity index (χ1n) is 10.0. The van der Waals surface area contributed by atoms with Gasteiger partial charge >= 0.3 is 0 Å². The summed E-state index contributed by atoms with van der Waals surface area (Å²) in [4.78, 5) is 7.27. The van der Waals surface area contributed by atoms with E-state index in [1.54, 1.807) is 0 Å². The minimum atomic E-state index is -0.209. The van der Waals surface area contributed by atoms with Gasteiger partial charge in [0, 0.05) is 30.1 Å². The van der Waals surface area contributed by atoms with Crippen molar-refractivity contribution in [1.29, 1.82) is 0 Å². The molecule has 1 N–H and O–H groups in total. The number of aliphatic hydroxyl groups is 1. The van der Waals surface area contributed by atoms with Crippen molar-refractivity contribution in [2.75, 3.05) is 19.6 Å². The lowest BCUT2D eigenvalue weighted by Crippen LogP contribution is -2.25. The molecule has 2 aromatic rings. The van der Waals surface area contributed by atoms with E-state index in [1.807, 2.05) is 6.07 Å². The third-order valence-corrected chi connectivity index (χ3v) is 6.19. The number of hydrogen-bond acceptors (Lipinski definition) is 3. The number of aliphatic hydroxyl groups excluding tert-OH is 1. The van der Waals surface area contributed by atoms with E-state index in [2.05, 4.69) is 35.2 Å². The van der Waals surface area contributed by atoms with Crippen LogP contribution in [0.3, 0.4) is 0 Å². The van der Waals surface area contributed by atoms with E-state index in [9.17, 15) is 5.11 Å². The van der Waals surface area contributed by atoms with E-state index < -0.39 is 0 Å². The summed E-state index contributed by atoms with van der Waals surface area (Å²) in [5.41, 5.74) is 2.17. The van der Waals surface area contributed by atoms with Crippen LogP contribution in [0.4, 0.5) is 0 Å². The molecule has 0 spiro atoms. The molecule has 2 atom stereocenters. The van der Waals surface area contributed by atoms with Crippen LogP contribution in [0.5, 0.6) is 0 Å². The quantitative estimate of drug-likeness (QED) is 0.894. The van der Waals surface area contributed by atoms with Crippen LogP contribution in [0.2, 0.25) is 0 Å². The molecular weight excluding hydrogens is 308 g/mol. The Kier molecular flexibility index (Phi) is 5.33. The van der Waals surface area contributed by atoms with Crippen LogP contribution < -0.4 is 0 Å². The molecule has 4 rings (SSSR count). The number of rotatable bonds is 5. The van der Waals surface area contributed by atoms with E-state index >= 15 is 0 Å². The first-order chi connectivity index (χ1) is 12.3. The largest absolute Gasteiger partial charge is 0.391 e. The molecule has 1 aliphatic heterocycles. The molecule has 3 nitrogen and oxygen atoms in total. The third-order valence-electron chi connectivity index (χ3n) is 6.19. The SMILES string of the molecule is O[C@@H]1CN(CCC2CCCCC2)C[C@H]1Cc1ccc2ccccc2n1. The lowest BCUT2D eigenvalue weighted by atomic mass is 9.87. The fourth-order valence-electron chi connectivity index (χ4n) is 4.66. The summed E-state index contributed by atoms with van der Waals surface area (Å²) in [6.07, 6.45) is 9.09. The Hall–Kier alpha value is -1.45. The molecule has 134 valence electrons. The lowest BCUT2D eigenvalue weighted by Gasteiger charge is -2.24. The summed E-state index contributed by atoms with van der Waals surface area (Å²) in [7, 11) is 0. The summed E-state index contributed by atoms with van der Waals surface area (Å²) >= 11 is 0. The molecule has 1 saturated heterocycles. The Morgan fingerprint density at radius 1 is 1.00 bits per heavy atom. The second kappa shape index (κ2) is 7.84. The van der Waals surface area contributed by atoms with E-state index in [1.165, 1.54) is 43.9 Å². The minimum Gasteiger partial charge on any atom is -0.391 e. The highest BCUT2D eigenvalue weighted by Crippen LogP contribution is 2.28. The maximum Gasteiger partial charge on any atom is 0.0711 e. The zero-order valence-corrected chi connectivity index (χ0v) is 15.1. The van der Waals surface area contributed by atoms with Gasteiger partial charge in [-0.2, -0.15) is 0 Å². The van der Waals surface area contributed by atoms with Crippen LogP contribution in [0.25, 0.3) is 10.9 Å². The van der Waals surface area contributed by atoms with Crippen molar-refractivity contribution in [2.24, 2.45) is 11.8 Å². The molecule has 25 heavy (non-hydrogen) atoms. The van der Waals surface area contributed by atoms with Gasteiger partial charge in [-0.15, -0.1) is 0 Å². The minimum absolute atomic E-state index is 0.209. The molecule has 0 unspecified atom stereocenters. The molecule has 1 aliphatic carbocycles. The Morgan fingerprint density at radius 3 is 2.72 bits per heavy atom. The summed E-state index contributed by atoms with van der Waals surface area (Å²) in [5.74, 6) is 1.24. The molecule has 0 amide bonds. The maximum absolute atomic E-state index is 10.5. The molecule has 2 fully saturated rings. The van der Waals surface area contributed by atoms with E-state index in [0.717, 1.165) is 43.2 Å². The number of pyridine rings is 1. The molecule has 3 heteroatoms. The van der Waals surface area contributed by atoms with Crippen molar-refractivity contribution in [1.82, 2.24) is 9.88 Å². The van der Waals surface area contributed by atoms with E-state index in [-0.39, 0.29) is 6.10 Å². The number of para-hydroxylation sites is 1. The lowest BCUT2D eigenvalue weighted by molar-refractivity contribution is 0.140. The normalized spacial score (nSPS) is 25.6. The fourth-order valence-corrected chi connectivity index (χ4v) is 4.66. The summed E-state index contributed by atoms with van der Waals surface area (Å²) < 4.78 is 0. The molecule has 0 radical (unpaired) electrons. The van der Waals surface area contributed by atoms with Crippen molar-refractivity contribution < 1.29 is 5.11 Å². The summed E-state index contributed by atoms with van der Waals surface area (Å²) in [6.45, 7) is 3.01. The average Bonchev–Trinajstić information content (AvgIpc) is 3.00. The number of hydrogen-bond donors (Lipinski definition) is 1. The van der Waals surface area contributed by atoms with Gasteiger partial charge in [-0.05, 0) is 37.4 Å². The van der Waals surface area contributed by atoms with Crippen molar-refractivity contribution in [2.45, 2.75) is 51.0 Å². The Morgan fingerprint density at radius 2 is 1.84 bits per heavy atom. The standard InChI is InChI=1S/C22H30N2O/c25-22-16-24(13-12-17-6-2-1-3-7-17)15-19(22)14-20-11-10-18-8-4-5-9-21(18)23-20/h4-5,8-11,17,19,22,25H,1-3,6-7,12-16H2/t19-,22-/m1/s1. The third kappa shape index (κ3) is 4.21. The predicted molar refractivity (Wildman–Crippen MR) is 103 cm³/mol. The van der Waals surface area contributed by atoms with Gasteiger partial charge in [0.25, 0.3) is 0 Å². The highest BCUT2D eigenvalue weighted by molar-refractivity contribution is 5.78. The second-order valence-corrected chi connectivity index (χ2v) is 8.08. The number of β-amino-alcohol motifs (C(OH)–C–C–N with tert-alkyl or cyclic N) is 1. The molecule has 2 heterocycles. The Bertz CT molecular complexity index is 695. The predicted octanol–water partition coefficient (Wildman–Crippen LogP) is 4.04. The van der Waals surface area contributed by atoms with Crippen LogP contribution in [0.1, 0.15) is 44.2 Å². The van der Waals surface area contributed by atoms with Crippen LogP contribution in [0.15, 0.2) is 36.4 Å². The molecule has 1 aromatic heterocycles. The maximum atomic E-state index is 10.5. The smallest absolute Gasteiger partial charge is 0.0711 e. The van der Waals surface area contributed by atoms with E-state index in [4.69, 9.17) is 4.98 Å². The van der Waals surface area contributed by atoms with Gasteiger partial charge in [-0.25, -0.2) is 0 Å². The first kappa shape index (κ1) is 17.0. The second-order valence-electron chi connectivity index (χ2n) is 8.08. The zero-order chi connectivity index (χ0) is 17.1. The van der Waals surface area contributed by atoms with Crippen molar-refractivity contribution >= 4 is 10.9 Å². The van der Waals surface area contributed by atoms with Crippen molar-refractivity contribution in [3.8, 4) is 0 Å². The molecular formula is C22H30N2O. The zero-order valence-electron chi connectivity index (χ0n) is 15.1. The van der Waals surface area contributed by atoms with Gasteiger partial charge in [0.15, 0.2) is 0 Å². The van der Waals surface area contributed by atoms with Crippen LogP contribution >= 0.6 is 0 Å². The first-order valence-corrected chi connectivity index (χ1v) is 10.0. The topological polar surface area (TPSA) is 36.4 Å². The molecule has 0 bridgehead atoms. The molecule has 1 saturated carbocycles. The Balaban J connectivity index is 1.32. The van der Waals surface area contributed by atoms with Gasteiger partial charge in [0.2, 0.25) is 0 Å². The fraction of sp³-hybridized carbons (Fsp3) is 0.591. The highest BCUT2D eigenvalue weighted by Gasteiger charge is 2.31. The van der Waals surface area contributed by atoms with Gasteiger partial charge in [-0.1, -0.05) is 56.4 Å². The molecule has 1 aromatic carbocycles. The van der Waals surface area contributed by atoms with Crippen LogP contribution in [0, 0.1) is 11.8 Å². The Labute approximate surface area is 151 Å². The van der Waals surface area contributed by atoms with Gasteiger partial charge in [-0.3, -0.25) is 4.98 Å². The number of benzene rings is 1. The number of aromatic nitrogens is 1. The van der Waals surface area contributed by atoms with Gasteiger partial charge in [0.1, 0.15) is 0 Å². The number of likely N-dealkylation sites (tertiary alicyclic amines) is 1. The highest BCUT2D eigenvalue weighted by atomic mass is 16.3.